The number of nitrogens with two attached hydrogens (primary N) is 1. The van der Waals surface area contributed by atoms with Crippen LogP contribution in [0.4, 0.5) is 11.4 Å². The van der Waals surface area contributed by atoms with Crippen molar-refractivity contribution in [3.63, 3.8) is 0 Å². The number of aliphatic hydroxyl groups excluding tert-OH is 2. The number of primary amides is 1. The Kier molecular flexibility index (Phi) is 10.9. The number of benzene rings is 1. The molecule has 0 aromatic heterocycles. The number of nitrogens with zero attached hydrogens (tertiary/aromatic N) is 2. The zero-order valence-electron chi connectivity index (χ0n) is 24.6. The van der Waals surface area contributed by atoms with Crippen LogP contribution >= 0.6 is 24.8 Å². The number of hydrogen-bond acceptors (Lipinski definition) is 11. The molecule has 0 heterocycles. The second kappa shape index (κ2) is 13.1. The van der Waals surface area contributed by atoms with Crippen molar-refractivity contribution in [2.45, 2.75) is 37.8 Å². The van der Waals surface area contributed by atoms with Crippen molar-refractivity contribution in [1.29, 1.82) is 0 Å². The summed E-state index contributed by atoms with van der Waals surface area (Å²) < 4.78 is 0. The van der Waals surface area contributed by atoms with Gasteiger partial charge in [0.1, 0.15) is 17.1 Å². The van der Waals surface area contributed by atoms with Crippen LogP contribution in [0.15, 0.2) is 28.7 Å². The van der Waals surface area contributed by atoms with Gasteiger partial charge in [-0.25, -0.2) is 0 Å². The molecule has 2 amide bonds. The van der Waals surface area contributed by atoms with E-state index < -0.39 is 69.7 Å². The van der Waals surface area contributed by atoms with E-state index in [9.17, 15) is 39.6 Å². The molecule has 1 aromatic carbocycles. The summed E-state index contributed by atoms with van der Waals surface area (Å²) in [6.45, 7) is 2.54. The first-order chi connectivity index (χ1) is 19.2. The fourth-order valence-electron chi connectivity index (χ4n) is 6.37. The monoisotopic (exact) mass is 643 g/mol. The summed E-state index contributed by atoms with van der Waals surface area (Å²) in [5.74, 6) is -7.73. The number of anilines is 2. The fourth-order valence-corrected chi connectivity index (χ4v) is 6.37. The maximum atomic E-state index is 14.0. The maximum Gasteiger partial charge on any atom is 0.255 e. The minimum absolute atomic E-state index is 0. The molecule has 3 unspecified atom stereocenters. The number of hydrogen-bond donors (Lipinski definition) is 7. The third-order valence-electron chi connectivity index (χ3n) is 8.17. The van der Waals surface area contributed by atoms with Gasteiger partial charge in [-0.3, -0.25) is 24.1 Å². The van der Waals surface area contributed by atoms with Crippen LogP contribution < -0.4 is 21.3 Å². The minimum Gasteiger partial charge on any atom is -0.510 e. The predicted molar refractivity (Wildman–Crippen MR) is 164 cm³/mol. The number of Topliss-reactive ketones (excluding diaryl/α,β-unsaturated/α-hetero) is 2. The van der Waals surface area contributed by atoms with Crippen LogP contribution in [0.5, 0.6) is 5.75 Å². The number of phenolic OH excluding ortho intramolecular Hbond substituents is 1. The van der Waals surface area contributed by atoms with E-state index >= 15 is 0 Å². The lowest BCUT2D eigenvalue weighted by Crippen LogP contribution is -2.63. The summed E-state index contributed by atoms with van der Waals surface area (Å²) in [7, 11) is 6.63. The highest BCUT2D eigenvalue weighted by molar-refractivity contribution is 6.25. The Bertz CT molecular complexity index is 1410. The van der Waals surface area contributed by atoms with Crippen molar-refractivity contribution in [1.82, 2.24) is 10.2 Å². The van der Waals surface area contributed by atoms with Gasteiger partial charge in [0, 0.05) is 31.3 Å². The molecule has 0 spiro atoms. The summed E-state index contributed by atoms with van der Waals surface area (Å²) in [5.41, 5.74) is 2.35. The normalized spacial score (nSPS) is 24.4. The second-order valence-corrected chi connectivity index (χ2v) is 11.2. The Morgan fingerprint density at radius 1 is 1.12 bits per heavy atom. The van der Waals surface area contributed by atoms with Crippen LogP contribution in [0.1, 0.15) is 35.7 Å². The van der Waals surface area contributed by atoms with E-state index in [0.717, 1.165) is 6.42 Å². The molecule has 43 heavy (non-hydrogen) atoms. The highest BCUT2D eigenvalue weighted by Crippen LogP contribution is 2.53. The molecule has 1 aromatic rings. The minimum atomic E-state index is -2.72. The molecular weight excluding hydrogens is 605 g/mol. The Hall–Kier alpha value is -3.36. The number of halogens is 2. The average Bonchev–Trinajstić information content (AvgIpc) is 2.87. The van der Waals surface area contributed by atoms with Gasteiger partial charge >= 0.3 is 0 Å². The molecule has 0 bridgehead atoms. The van der Waals surface area contributed by atoms with E-state index in [-0.39, 0.29) is 61.0 Å². The van der Waals surface area contributed by atoms with Crippen LogP contribution in [0, 0.1) is 11.8 Å². The van der Waals surface area contributed by atoms with Gasteiger partial charge in [0.2, 0.25) is 11.7 Å². The first kappa shape index (κ1) is 35.8. The summed E-state index contributed by atoms with van der Waals surface area (Å²) in [5, 5.41) is 50.9. The quantitative estimate of drug-likeness (QED) is 0.121. The van der Waals surface area contributed by atoms with E-state index in [2.05, 4.69) is 10.6 Å². The standard InChI is InChI=1S/C28H37N5O8.2ClH/c1-6-7-30-11-17(34)31-15-10-16(32(2)3)13-8-12-9-14-21(33(4)5)24(37)20(27(29)40)26(39)28(14,41)25(38)18(12)23(36)19(13)22(15)35;;/h10,12,14,21,30,35,37-38,41H,6-9,11H2,1-5H3,(H2,29,40)(H,31,34);2*1H/t12?,14?,21-,28?;;/m0../s1. The van der Waals surface area contributed by atoms with Gasteiger partial charge in [0.15, 0.2) is 17.1 Å². The topological polar surface area (TPSA) is 206 Å². The van der Waals surface area contributed by atoms with Gasteiger partial charge in [-0.15, -0.1) is 24.8 Å². The van der Waals surface area contributed by atoms with Crippen molar-refractivity contribution in [2.24, 2.45) is 17.6 Å². The molecule has 238 valence electrons. The Balaban J connectivity index is 0.00000323. The Labute approximate surface area is 261 Å². The zero-order chi connectivity index (χ0) is 30.5. The molecule has 13 nitrogen and oxygen atoms in total. The number of carbonyl (C=O) groups is 4. The second-order valence-electron chi connectivity index (χ2n) is 11.2. The first-order valence-electron chi connectivity index (χ1n) is 13.4. The molecule has 15 heteroatoms. The maximum absolute atomic E-state index is 14.0. The molecule has 4 atom stereocenters. The van der Waals surface area contributed by atoms with Crippen LogP contribution in [0.3, 0.4) is 0 Å². The summed E-state index contributed by atoms with van der Waals surface area (Å²) in [6, 6.07) is 0.494. The van der Waals surface area contributed by atoms with E-state index in [1.807, 2.05) is 6.92 Å². The predicted octanol–water partition coefficient (Wildman–Crippen LogP) is 0.968. The molecule has 0 saturated heterocycles. The third-order valence-corrected chi connectivity index (χ3v) is 8.17. The average molecular weight is 645 g/mol. The van der Waals surface area contributed by atoms with Crippen molar-refractivity contribution in [2.75, 3.05) is 51.5 Å². The Morgan fingerprint density at radius 2 is 1.74 bits per heavy atom. The van der Waals surface area contributed by atoms with Gasteiger partial charge in [-0.1, -0.05) is 6.92 Å². The van der Waals surface area contributed by atoms with Crippen molar-refractivity contribution >= 4 is 59.6 Å². The largest absolute Gasteiger partial charge is 0.510 e. The van der Waals surface area contributed by atoms with Crippen molar-refractivity contribution in [3.05, 3.63) is 39.9 Å². The molecule has 0 saturated carbocycles. The van der Waals surface area contributed by atoms with Crippen LogP contribution in [-0.2, 0) is 20.8 Å². The van der Waals surface area contributed by atoms with E-state index in [1.165, 1.54) is 4.90 Å². The van der Waals surface area contributed by atoms with Crippen LogP contribution in [-0.4, -0.2) is 102 Å². The number of likely N-dealkylation sites (N-methyl/N-ethyl adjacent to an activating group) is 1. The summed E-state index contributed by atoms with van der Waals surface area (Å²) >= 11 is 0. The van der Waals surface area contributed by atoms with Gasteiger partial charge in [-0.05, 0) is 57.5 Å². The Morgan fingerprint density at radius 3 is 2.28 bits per heavy atom. The fraction of sp³-hybridized carbons (Fsp3) is 0.500. The summed E-state index contributed by atoms with van der Waals surface area (Å²) in [6.07, 6.45) is 0.945. The lowest BCUT2D eigenvalue weighted by molar-refractivity contribution is -0.148. The lowest BCUT2D eigenvalue weighted by atomic mass is 9.58. The number of aromatic hydroxyl groups is 1. The number of fused-ring (bicyclic) bond motifs is 3. The number of amides is 2. The van der Waals surface area contributed by atoms with Gasteiger partial charge < -0.3 is 41.7 Å². The number of aliphatic hydroxyl groups is 3. The number of phenols is 1. The number of rotatable bonds is 8. The highest BCUT2D eigenvalue weighted by atomic mass is 35.5. The van der Waals surface area contributed by atoms with Gasteiger partial charge in [-0.2, -0.15) is 0 Å². The molecular formula is C28H39Cl2N5O8. The van der Waals surface area contributed by atoms with Crippen molar-refractivity contribution < 1.29 is 39.6 Å². The number of ketones is 2. The number of nitrogens with one attached hydrogen (secondary N) is 2. The number of carbonyl (C=O) groups excluding carboxylic acids is 4. The molecule has 3 aliphatic carbocycles. The van der Waals surface area contributed by atoms with Gasteiger partial charge in [0.05, 0.1) is 23.8 Å². The molecule has 3 aliphatic rings. The molecule has 0 radical (unpaired) electrons. The van der Waals surface area contributed by atoms with Gasteiger partial charge in [0.25, 0.3) is 5.91 Å². The van der Waals surface area contributed by atoms with Crippen molar-refractivity contribution in [3.8, 4) is 5.75 Å². The lowest BCUT2D eigenvalue weighted by Gasteiger charge is -2.50. The molecule has 0 fully saturated rings. The number of allylic oxidation sites excluding steroid dienone is 1. The van der Waals surface area contributed by atoms with Crippen LogP contribution in [0.2, 0.25) is 0 Å². The zero-order valence-corrected chi connectivity index (χ0v) is 26.2. The van der Waals surface area contributed by atoms with E-state index in [1.54, 1.807) is 39.2 Å². The van der Waals surface area contributed by atoms with E-state index in [4.69, 9.17) is 5.73 Å². The molecule has 8 N–H and O–H groups in total. The third kappa shape index (κ3) is 5.67. The highest BCUT2D eigenvalue weighted by Gasteiger charge is 2.63. The first-order valence-corrected chi connectivity index (χ1v) is 13.4. The van der Waals surface area contributed by atoms with Crippen LogP contribution in [0.25, 0.3) is 0 Å². The molecule has 4 rings (SSSR count). The van der Waals surface area contributed by atoms with E-state index in [0.29, 0.717) is 17.8 Å². The smallest absolute Gasteiger partial charge is 0.255 e. The summed E-state index contributed by atoms with van der Waals surface area (Å²) in [4.78, 5) is 55.3. The SMILES string of the molecule is CCCNCC(=O)Nc1cc(N(C)C)c2c(c1O)C(=O)C1=C(O)C3(O)C(=O)C(C(N)=O)=C(O)[C@@H](N(C)C)C3CC1C2.Cl.Cl. The molecule has 0 aliphatic heterocycles.